The second kappa shape index (κ2) is 12.1. The zero-order chi connectivity index (χ0) is 31.7. The molecule has 0 spiro atoms. The van der Waals surface area contributed by atoms with Crippen molar-refractivity contribution in [1.82, 2.24) is 14.9 Å². The van der Waals surface area contributed by atoms with Gasteiger partial charge in [0.15, 0.2) is 5.76 Å². The predicted molar refractivity (Wildman–Crippen MR) is 175 cm³/mol. The number of hydrogen-bond acceptors (Lipinski definition) is 5. The van der Waals surface area contributed by atoms with E-state index in [1.165, 1.54) is 30.9 Å². The van der Waals surface area contributed by atoms with Crippen LogP contribution in [-0.2, 0) is 11.8 Å². The molecule has 4 N–H and O–H groups in total. The SMILES string of the molecule is Cn1c(-c2ccccn2)c(C2CCCCC2)c2ccc(C(=O)NC(C)(C)C(=O)Nc3ccc(-c4ccc(C(N)=O)o4)cc3)cc21. The molecule has 0 radical (unpaired) electrons. The molecule has 3 aromatic heterocycles. The van der Waals surface area contributed by atoms with Crippen molar-refractivity contribution in [1.29, 1.82) is 0 Å². The van der Waals surface area contributed by atoms with Crippen LogP contribution in [0.15, 0.2) is 83.4 Å². The van der Waals surface area contributed by atoms with Crippen molar-refractivity contribution in [2.45, 2.75) is 57.4 Å². The second-order valence-corrected chi connectivity index (χ2v) is 12.2. The Morgan fingerprint density at radius 3 is 2.38 bits per heavy atom. The first kappa shape index (κ1) is 29.9. The Morgan fingerprint density at radius 1 is 0.956 bits per heavy atom. The Morgan fingerprint density at radius 2 is 1.71 bits per heavy atom. The molecule has 230 valence electrons. The number of anilines is 1. The van der Waals surface area contributed by atoms with E-state index < -0.39 is 11.4 Å². The van der Waals surface area contributed by atoms with Gasteiger partial charge in [0.1, 0.15) is 11.3 Å². The highest BCUT2D eigenvalue weighted by atomic mass is 16.3. The van der Waals surface area contributed by atoms with Gasteiger partial charge in [0.2, 0.25) is 5.91 Å². The lowest BCUT2D eigenvalue weighted by Crippen LogP contribution is -2.52. The lowest BCUT2D eigenvalue weighted by Gasteiger charge is -2.25. The topological polar surface area (TPSA) is 132 Å². The number of amides is 3. The van der Waals surface area contributed by atoms with E-state index in [1.807, 2.05) is 49.6 Å². The van der Waals surface area contributed by atoms with Crippen LogP contribution in [0.1, 0.15) is 78.3 Å². The number of benzene rings is 2. The minimum Gasteiger partial charge on any atom is -0.451 e. The molecule has 2 aromatic carbocycles. The summed E-state index contributed by atoms with van der Waals surface area (Å²) in [5.74, 6) is -0.337. The van der Waals surface area contributed by atoms with Gasteiger partial charge in [0.25, 0.3) is 11.8 Å². The third-order valence-electron chi connectivity index (χ3n) is 8.69. The smallest absolute Gasteiger partial charge is 0.284 e. The lowest BCUT2D eigenvalue weighted by molar-refractivity contribution is -0.120. The average Bonchev–Trinajstić information content (AvgIpc) is 3.65. The Balaban J connectivity index is 1.21. The van der Waals surface area contributed by atoms with Crippen molar-refractivity contribution in [3.8, 4) is 22.7 Å². The van der Waals surface area contributed by atoms with Crippen LogP contribution in [0, 0.1) is 0 Å². The van der Waals surface area contributed by atoms with Crippen molar-refractivity contribution >= 4 is 34.3 Å². The first-order valence-corrected chi connectivity index (χ1v) is 15.3. The van der Waals surface area contributed by atoms with E-state index in [0.29, 0.717) is 22.9 Å². The summed E-state index contributed by atoms with van der Waals surface area (Å²) in [7, 11) is 2.03. The number of nitrogens with zero attached hydrogens (tertiary/aromatic N) is 2. The van der Waals surface area contributed by atoms with Gasteiger partial charge < -0.3 is 25.4 Å². The van der Waals surface area contributed by atoms with E-state index in [9.17, 15) is 14.4 Å². The Bertz CT molecular complexity index is 1880. The number of pyridine rings is 1. The van der Waals surface area contributed by atoms with Crippen molar-refractivity contribution in [3.05, 3.63) is 95.9 Å². The van der Waals surface area contributed by atoms with Crippen LogP contribution in [0.3, 0.4) is 0 Å². The standard InChI is InChI=1S/C36H37N5O4/c1-36(2,35(44)39-25-15-12-22(13-16-25)29-18-19-30(45-29)33(37)42)40-34(43)24-14-17-26-28(21-24)41(3)32(27-11-7-8-20-38-27)31(26)23-9-5-4-6-10-23/h7-8,11-21,23H,4-6,9-10H2,1-3H3,(H2,37,42)(H,39,44)(H,40,43). The molecule has 6 rings (SSSR count). The summed E-state index contributed by atoms with van der Waals surface area (Å²) in [6, 6.07) is 21.9. The number of carbonyl (C=O) groups excluding carboxylic acids is 3. The molecule has 9 nitrogen and oxygen atoms in total. The number of rotatable bonds is 8. The van der Waals surface area contributed by atoms with E-state index in [4.69, 9.17) is 10.2 Å². The Kier molecular flexibility index (Phi) is 8.01. The quantitative estimate of drug-likeness (QED) is 0.180. The fraction of sp³-hybridized carbons (Fsp3) is 0.278. The summed E-state index contributed by atoms with van der Waals surface area (Å²) >= 11 is 0. The molecule has 0 bridgehead atoms. The van der Waals surface area contributed by atoms with Gasteiger partial charge in [-0.05, 0) is 98.8 Å². The van der Waals surface area contributed by atoms with Crippen LogP contribution < -0.4 is 16.4 Å². The molecule has 0 unspecified atom stereocenters. The zero-order valence-electron chi connectivity index (χ0n) is 25.7. The van der Waals surface area contributed by atoms with E-state index in [2.05, 4.69) is 20.2 Å². The maximum atomic E-state index is 13.5. The van der Waals surface area contributed by atoms with E-state index in [-0.39, 0.29) is 17.6 Å². The first-order valence-electron chi connectivity index (χ1n) is 15.3. The van der Waals surface area contributed by atoms with Gasteiger partial charge in [-0.1, -0.05) is 31.4 Å². The van der Waals surface area contributed by atoms with Crippen molar-refractivity contribution in [2.75, 3.05) is 5.32 Å². The predicted octanol–water partition coefficient (Wildman–Crippen LogP) is 6.79. The number of fused-ring (bicyclic) bond motifs is 1. The Labute approximate surface area is 261 Å². The molecule has 45 heavy (non-hydrogen) atoms. The van der Waals surface area contributed by atoms with Crippen LogP contribution in [0.4, 0.5) is 5.69 Å². The maximum Gasteiger partial charge on any atom is 0.284 e. The monoisotopic (exact) mass is 603 g/mol. The largest absolute Gasteiger partial charge is 0.451 e. The number of carbonyl (C=O) groups is 3. The molecule has 0 saturated heterocycles. The normalized spacial score (nSPS) is 13.9. The zero-order valence-corrected chi connectivity index (χ0v) is 25.7. The van der Waals surface area contributed by atoms with E-state index >= 15 is 0 Å². The van der Waals surface area contributed by atoms with E-state index in [1.54, 1.807) is 44.2 Å². The number of aromatic nitrogens is 2. The number of aryl methyl sites for hydroxylation is 1. The molecular weight excluding hydrogens is 566 g/mol. The first-order chi connectivity index (χ1) is 21.6. The summed E-state index contributed by atoms with van der Waals surface area (Å²) in [5, 5.41) is 6.93. The van der Waals surface area contributed by atoms with Crippen molar-refractivity contribution in [2.24, 2.45) is 12.8 Å². The third-order valence-corrected chi connectivity index (χ3v) is 8.69. The number of nitrogens with one attached hydrogen (secondary N) is 2. The number of primary amides is 1. The van der Waals surface area contributed by atoms with Crippen molar-refractivity contribution < 1.29 is 18.8 Å². The van der Waals surface area contributed by atoms with Gasteiger partial charge in [-0.15, -0.1) is 0 Å². The third kappa shape index (κ3) is 5.98. The maximum absolute atomic E-state index is 13.5. The van der Waals surface area contributed by atoms with Gasteiger partial charge >= 0.3 is 0 Å². The van der Waals surface area contributed by atoms with E-state index in [0.717, 1.165) is 40.7 Å². The molecular formula is C36H37N5O4. The molecule has 1 saturated carbocycles. The summed E-state index contributed by atoms with van der Waals surface area (Å²) in [5.41, 5.74) is 10.1. The summed E-state index contributed by atoms with van der Waals surface area (Å²) in [6.07, 6.45) is 7.80. The lowest BCUT2D eigenvalue weighted by atomic mass is 9.82. The Hall–Kier alpha value is -5.18. The highest BCUT2D eigenvalue weighted by molar-refractivity contribution is 6.05. The minimum absolute atomic E-state index is 0.0736. The van der Waals surface area contributed by atoms with Gasteiger partial charge in [0.05, 0.1) is 11.4 Å². The molecule has 0 aliphatic heterocycles. The van der Waals surface area contributed by atoms with Crippen LogP contribution >= 0.6 is 0 Å². The van der Waals surface area contributed by atoms with Crippen molar-refractivity contribution in [3.63, 3.8) is 0 Å². The fourth-order valence-electron chi connectivity index (χ4n) is 6.27. The minimum atomic E-state index is -1.21. The van der Waals surface area contributed by atoms with Gasteiger partial charge in [-0.2, -0.15) is 0 Å². The summed E-state index contributed by atoms with van der Waals surface area (Å²) in [4.78, 5) is 42.8. The summed E-state index contributed by atoms with van der Waals surface area (Å²) in [6.45, 7) is 3.34. The van der Waals surface area contributed by atoms with Gasteiger partial charge in [-0.3, -0.25) is 19.4 Å². The number of hydrogen-bond donors (Lipinski definition) is 3. The summed E-state index contributed by atoms with van der Waals surface area (Å²) < 4.78 is 7.62. The van der Waals surface area contributed by atoms with Crippen LogP contribution in [-0.4, -0.2) is 32.8 Å². The molecule has 3 heterocycles. The van der Waals surface area contributed by atoms with Crippen LogP contribution in [0.2, 0.25) is 0 Å². The van der Waals surface area contributed by atoms with Crippen LogP contribution in [0.5, 0.6) is 0 Å². The fourth-order valence-corrected chi connectivity index (χ4v) is 6.27. The molecule has 1 fully saturated rings. The molecule has 1 aliphatic rings. The van der Waals surface area contributed by atoms with Gasteiger partial charge in [-0.25, -0.2) is 0 Å². The highest BCUT2D eigenvalue weighted by Gasteiger charge is 2.31. The average molecular weight is 604 g/mol. The number of furan rings is 1. The molecule has 9 heteroatoms. The molecule has 0 atom stereocenters. The molecule has 1 aliphatic carbocycles. The van der Waals surface area contributed by atoms with Crippen LogP contribution in [0.25, 0.3) is 33.6 Å². The molecule has 5 aromatic rings. The second-order valence-electron chi connectivity index (χ2n) is 12.2. The highest BCUT2D eigenvalue weighted by Crippen LogP contribution is 2.43. The number of nitrogens with two attached hydrogens (primary N) is 1. The molecule has 3 amide bonds. The van der Waals surface area contributed by atoms with Gasteiger partial charge in [0, 0.05) is 41.0 Å².